The molecule has 0 amide bonds. The monoisotopic (exact) mass is 453 g/mol. The van der Waals surface area contributed by atoms with Gasteiger partial charge in [0.15, 0.2) is 5.96 Å². The Bertz CT molecular complexity index is 651. The Kier molecular flexibility index (Phi) is 9.91. The highest BCUT2D eigenvalue weighted by molar-refractivity contribution is 14.0. The van der Waals surface area contributed by atoms with Gasteiger partial charge in [-0.1, -0.05) is 24.3 Å². The molecule has 2 rings (SSSR count). The van der Waals surface area contributed by atoms with Crippen molar-refractivity contribution in [3.63, 3.8) is 0 Å². The molecule has 136 valence electrons. The highest BCUT2D eigenvalue weighted by Crippen LogP contribution is 2.07. The lowest BCUT2D eigenvalue weighted by Crippen LogP contribution is -2.40. The SMILES string of the molecule is C=CCCCN(C)C(=NC)NCCc1cnn(-c2ccccc2)c1.I. The van der Waals surface area contributed by atoms with Crippen molar-refractivity contribution in [3.8, 4) is 5.69 Å². The summed E-state index contributed by atoms with van der Waals surface area (Å²) in [5, 5.41) is 7.83. The van der Waals surface area contributed by atoms with Gasteiger partial charge in [-0.15, -0.1) is 30.6 Å². The average Bonchev–Trinajstić information content (AvgIpc) is 3.08. The van der Waals surface area contributed by atoms with E-state index < -0.39 is 0 Å². The summed E-state index contributed by atoms with van der Waals surface area (Å²) in [7, 11) is 3.88. The van der Waals surface area contributed by atoms with Crippen LogP contribution < -0.4 is 5.32 Å². The van der Waals surface area contributed by atoms with E-state index >= 15 is 0 Å². The molecule has 0 spiro atoms. The fourth-order valence-corrected chi connectivity index (χ4v) is 2.49. The first-order chi connectivity index (χ1) is 11.7. The average molecular weight is 453 g/mol. The number of benzene rings is 1. The molecule has 2 aromatic rings. The molecule has 0 aliphatic rings. The Morgan fingerprint density at radius 2 is 2.12 bits per heavy atom. The number of rotatable bonds is 8. The lowest BCUT2D eigenvalue weighted by molar-refractivity contribution is 0.470. The molecule has 0 aliphatic heterocycles. The van der Waals surface area contributed by atoms with Crippen molar-refractivity contribution >= 4 is 29.9 Å². The number of nitrogens with one attached hydrogen (secondary N) is 1. The Hall–Kier alpha value is -1.83. The Balaban J connectivity index is 0.00000312. The fraction of sp³-hybridized carbons (Fsp3) is 0.368. The van der Waals surface area contributed by atoms with Crippen LogP contribution in [0, 0.1) is 0 Å². The first kappa shape index (κ1) is 21.2. The highest BCUT2D eigenvalue weighted by Gasteiger charge is 2.05. The zero-order valence-electron chi connectivity index (χ0n) is 15.1. The molecular weight excluding hydrogens is 425 g/mol. The number of guanidine groups is 1. The van der Waals surface area contributed by atoms with Gasteiger partial charge in [-0.2, -0.15) is 5.10 Å². The largest absolute Gasteiger partial charge is 0.356 e. The van der Waals surface area contributed by atoms with Crippen LogP contribution in [-0.4, -0.2) is 47.8 Å². The lowest BCUT2D eigenvalue weighted by Gasteiger charge is -2.21. The number of hydrogen-bond acceptors (Lipinski definition) is 2. The molecular formula is C19H28IN5. The minimum absolute atomic E-state index is 0. The summed E-state index contributed by atoms with van der Waals surface area (Å²) in [5.41, 5.74) is 2.28. The summed E-state index contributed by atoms with van der Waals surface area (Å²) in [5.74, 6) is 0.925. The molecule has 0 saturated heterocycles. The third kappa shape index (κ3) is 6.89. The van der Waals surface area contributed by atoms with Crippen LogP contribution in [0.15, 0.2) is 60.4 Å². The normalized spacial score (nSPS) is 10.9. The maximum Gasteiger partial charge on any atom is 0.193 e. The Morgan fingerprint density at radius 3 is 2.80 bits per heavy atom. The number of hydrogen-bond donors (Lipinski definition) is 1. The number of nitrogens with zero attached hydrogens (tertiary/aromatic N) is 4. The second-order valence-electron chi connectivity index (χ2n) is 5.71. The zero-order valence-corrected chi connectivity index (χ0v) is 17.4. The summed E-state index contributed by atoms with van der Waals surface area (Å²) in [6.07, 6.45) is 8.98. The molecule has 1 heterocycles. The maximum atomic E-state index is 4.43. The molecule has 0 atom stereocenters. The summed E-state index contributed by atoms with van der Waals surface area (Å²) >= 11 is 0. The number of aromatic nitrogens is 2. The predicted octanol–water partition coefficient (Wildman–Crippen LogP) is 3.51. The van der Waals surface area contributed by atoms with Gasteiger partial charge in [0.25, 0.3) is 0 Å². The number of aliphatic imine (C=N–C) groups is 1. The van der Waals surface area contributed by atoms with E-state index in [0.29, 0.717) is 0 Å². The number of allylic oxidation sites excluding steroid dienone is 1. The van der Waals surface area contributed by atoms with Crippen molar-refractivity contribution in [3.05, 3.63) is 60.9 Å². The van der Waals surface area contributed by atoms with Gasteiger partial charge in [0, 0.05) is 33.4 Å². The summed E-state index contributed by atoms with van der Waals surface area (Å²) in [6, 6.07) is 10.1. The summed E-state index contributed by atoms with van der Waals surface area (Å²) in [4.78, 5) is 6.49. The van der Waals surface area contributed by atoms with Crippen LogP contribution in [0.2, 0.25) is 0 Å². The van der Waals surface area contributed by atoms with Gasteiger partial charge in [-0.3, -0.25) is 4.99 Å². The van der Waals surface area contributed by atoms with Gasteiger partial charge < -0.3 is 10.2 Å². The van der Waals surface area contributed by atoms with E-state index in [1.54, 1.807) is 0 Å². The van der Waals surface area contributed by atoms with Crippen LogP contribution in [0.1, 0.15) is 18.4 Å². The smallest absolute Gasteiger partial charge is 0.193 e. The van der Waals surface area contributed by atoms with E-state index in [2.05, 4.69) is 52.3 Å². The first-order valence-corrected chi connectivity index (χ1v) is 8.36. The van der Waals surface area contributed by atoms with Crippen LogP contribution in [0.4, 0.5) is 0 Å². The standard InChI is InChI=1S/C19H27N5.HI/c1-4-5-9-14-23(3)19(20-2)21-13-12-17-15-22-24(16-17)18-10-7-6-8-11-18;/h4,6-8,10-11,15-16H,1,5,9,12-14H2,2-3H3,(H,20,21);1H. The molecule has 0 radical (unpaired) electrons. The van der Waals surface area contributed by atoms with Gasteiger partial charge in [-0.05, 0) is 37.0 Å². The molecule has 25 heavy (non-hydrogen) atoms. The van der Waals surface area contributed by atoms with Crippen molar-refractivity contribution in [2.24, 2.45) is 4.99 Å². The van der Waals surface area contributed by atoms with Crippen LogP contribution >= 0.6 is 24.0 Å². The van der Waals surface area contributed by atoms with Crippen molar-refractivity contribution in [1.29, 1.82) is 0 Å². The summed E-state index contributed by atoms with van der Waals surface area (Å²) in [6.45, 7) is 5.56. The predicted molar refractivity (Wildman–Crippen MR) is 116 cm³/mol. The zero-order chi connectivity index (χ0) is 17.2. The molecule has 1 aromatic carbocycles. The minimum Gasteiger partial charge on any atom is -0.356 e. The third-order valence-corrected chi connectivity index (χ3v) is 3.83. The van der Waals surface area contributed by atoms with Crippen LogP contribution in [-0.2, 0) is 6.42 Å². The maximum absolute atomic E-state index is 4.43. The first-order valence-electron chi connectivity index (χ1n) is 8.36. The molecule has 0 unspecified atom stereocenters. The van der Waals surface area contributed by atoms with Gasteiger partial charge in [0.2, 0.25) is 0 Å². The van der Waals surface area contributed by atoms with Gasteiger partial charge in [0.1, 0.15) is 0 Å². The van der Waals surface area contributed by atoms with E-state index in [-0.39, 0.29) is 24.0 Å². The van der Waals surface area contributed by atoms with Crippen LogP contribution in [0.25, 0.3) is 5.69 Å². The molecule has 6 heteroatoms. The molecule has 1 N–H and O–H groups in total. The minimum atomic E-state index is 0. The molecule has 0 bridgehead atoms. The van der Waals surface area contributed by atoms with E-state index in [1.807, 2.05) is 42.2 Å². The van der Waals surface area contributed by atoms with Gasteiger partial charge in [0.05, 0.1) is 11.9 Å². The van der Waals surface area contributed by atoms with E-state index in [1.165, 1.54) is 5.56 Å². The lowest BCUT2D eigenvalue weighted by atomic mass is 10.2. The fourth-order valence-electron chi connectivity index (χ4n) is 2.49. The Morgan fingerprint density at radius 1 is 1.36 bits per heavy atom. The van der Waals surface area contributed by atoms with Crippen molar-refractivity contribution in [2.45, 2.75) is 19.3 Å². The summed E-state index contributed by atoms with van der Waals surface area (Å²) < 4.78 is 1.91. The number of unbranched alkanes of at least 4 members (excludes halogenated alkanes) is 1. The molecule has 0 saturated carbocycles. The van der Waals surface area contributed by atoms with Crippen LogP contribution in [0.5, 0.6) is 0 Å². The van der Waals surface area contributed by atoms with Crippen LogP contribution in [0.3, 0.4) is 0 Å². The molecule has 0 aliphatic carbocycles. The topological polar surface area (TPSA) is 45.4 Å². The molecule has 1 aromatic heterocycles. The second-order valence-corrected chi connectivity index (χ2v) is 5.71. The number of para-hydroxylation sites is 1. The van der Waals surface area contributed by atoms with E-state index in [4.69, 9.17) is 0 Å². The highest BCUT2D eigenvalue weighted by atomic mass is 127. The van der Waals surface area contributed by atoms with Crippen molar-refractivity contribution in [1.82, 2.24) is 20.0 Å². The van der Waals surface area contributed by atoms with E-state index in [0.717, 1.165) is 44.0 Å². The second kappa shape index (κ2) is 11.7. The molecule has 0 fully saturated rings. The third-order valence-electron chi connectivity index (χ3n) is 3.83. The van der Waals surface area contributed by atoms with E-state index in [9.17, 15) is 0 Å². The number of halogens is 1. The van der Waals surface area contributed by atoms with Crippen molar-refractivity contribution < 1.29 is 0 Å². The Labute approximate surface area is 167 Å². The van der Waals surface area contributed by atoms with Crippen molar-refractivity contribution in [2.75, 3.05) is 27.2 Å². The molecule has 5 nitrogen and oxygen atoms in total. The quantitative estimate of drug-likeness (QED) is 0.219. The van der Waals surface area contributed by atoms with Gasteiger partial charge in [-0.25, -0.2) is 4.68 Å². The van der Waals surface area contributed by atoms with Gasteiger partial charge >= 0.3 is 0 Å².